The average Bonchev–Trinajstić information content (AvgIpc) is 2.86. The fourth-order valence-corrected chi connectivity index (χ4v) is 2.18. The van der Waals surface area contributed by atoms with E-state index in [9.17, 15) is 4.79 Å². The molecule has 82 valence electrons. The van der Waals surface area contributed by atoms with Crippen molar-refractivity contribution < 1.29 is 4.79 Å². The van der Waals surface area contributed by atoms with Gasteiger partial charge in [0.2, 0.25) is 5.78 Å². The van der Waals surface area contributed by atoms with E-state index in [0.717, 1.165) is 25.8 Å². The zero-order valence-electron chi connectivity index (χ0n) is 9.16. The van der Waals surface area contributed by atoms with Gasteiger partial charge in [-0.1, -0.05) is 6.92 Å². The lowest BCUT2D eigenvalue weighted by atomic mass is 9.89. The van der Waals surface area contributed by atoms with Crippen LogP contribution in [0.5, 0.6) is 0 Å². The minimum Gasteiger partial charge on any atom is -0.305 e. The molecule has 0 aliphatic carbocycles. The molecule has 0 aromatic carbocycles. The van der Waals surface area contributed by atoms with Crippen molar-refractivity contribution >= 4 is 5.78 Å². The SMILES string of the molecule is CCC1(C(=O)c2ncnn2C)CCCN1. The minimum atomic E-state index is -0.402. The van der Waals surface area contributed by atoms with Crippen LogP contribution in [0.3, 0.4) is 0 Å². The van der Waals surface area contributed by atoms with E-state index >= 15 is 0 Å². The molecule has 5 nitrogen and oxygen atoms in total. The van der Waals surface area contributed by atoms with E-state index in [1.54, 1.807) is 11.7 Å². The van der Waals surface area contributed by atoms with Gasteiger partial charge in [-0.2, -0.15) is 5.10 Å². The minimum absolute atomic E-state index is 0.0718. The molecule has 0 spiro atoms. The molecule has 1 unspecified atom stereocenters. The smallest absolute Gasteiger partial charge is 0.219 e. The summed E-state index contributed by atoms with van der Waals surface area (Å²) >= 11 is 0. The molecule has 0 amide bonds. The Morgan fingerprint density at radius 2 is 2.53 bits per heavy atom. The third-order valence-corrected chi connectivity index (χ3v) is 3.20. The molecule has 15 heavy (non-hydrogen) atoms. The van der Waals surface area contributed by atoms with Gasteiger partial charge in [0.15, 0.2) is 5.82 Å². The van der Waals surface area contributed by atoms with Crippen LogP contribution < -0.4 is 5.32 Å². The van der Waals surface area contributed by atoms with Crippen molar-refractivity contribution in [3.8, 4) is 0 Å². The van der Waals surface area contributed by atoms with E-state index in [2.05, 4.69) is 15.4 Å². The second-order valence-electron chi connectivity index (χ2n) is 4.00. The highest BCUT2D eigenvalue weighted by Crippen LogP contribution is 2.26. The van der Waals surface area contributed by atoms with E-state index in [1.807, 2.05) is 6.92 Å². The second-order valence-corrected chi connectivity index (χ2v) is 4.00. The van der Waals surface area contributed by atoms with Gasteiger partial charge in [0.05, 0.1) is 5.54 Å². The third-order valence-electron chi connectivity index (χ3n) is 3.20. The van der Waals surface area contributed by atoms with E-state index in [0.29, 0.717) is 5.82 Å². The summed E-state index contributed by atoms with van der Waals surface area (Å²) in [6, 6.07) is 0. The van der Waals surface area contributed by atoms with Crippen LogP contribution in [0.1, 0.15) is 36.8 Å². The summed E-state index contributed by atoms with van der Waals surface area (Å²) in [7, 11) is 1.75. The number of aromatic nitrogens is 3. The van der Waals surface area contributed by atoms with Crippen molar-refractivity contribution in [2.45, 2.75) is 31.7 Å². The van der Waals surface area contributed by atoms with Crippen LogP contribution in [0.2, 0.25) is 0 Å². The number of rotatable bonds is 3. The number of aryl methyl sites for hydroxylation is 1. The predicted molar refractivity (Wildman–Crippen MR) is 55.6 cm³/mol. The first-order chi connectivity index (χ1) is 7.19. The molecule has 1 fully saturated rings. The number of nitrogens with one attached hydrogen (secondary N) is 1. The predicted octanol–water partition coefficient (Wildman–Crippen LogP) is 0.530. The summed E-state index contributed by atoms with van der Waals surface area (Å²) in [6.45, 7) is 2.95. The average molecular weight is 208 g/mol. The van der Waals surface area contributed by atoms with Crippen molar-refractivity contribution in [1.29, 1.82) is 0 Å². The van der Waals surface area contributed by atoms with Gasteiger partial charge in [0.1, 0.15) is 6.33 Å². The van der Waals surface area contributed by atoms with Gasteiger partial charge in [0.25, 0.3) is 0 Å². The lowest BCUT2D eigenvalue weighted by Gasteiger charge is -2.25. The number of ketones is 1. The molecule has 0 bridgehead atoms. The summed E-state index contributed by atoms with van der Waals surface area (Å²) in [4.78, 5) is 16.3. The first kappa shape index (κ1) is 10.3. The second kappa shape index (κ2) is 3.73. The van der Waals surface area contributed by atoms with Crippen LogP contribution in [-0.2, 0) is 7.05 Å². The highest BCUT2D eigenvalue weighted by atomic mass is 16.1. The molecule has 2 rings (SSSR count). The van der Waals surface area contributed by atoms with Crippen molar-refractivity contribution in [1.82, 2.24) is 20.1 Å². The van der Waals surface area contributed by atoms with Gasteiger partial charge in [-0.25, -0.2) is 9.67 Å². The Balaban J connectivity index is 2.30. The number of hydrogen-bond acceptors (Lipinski definition) is 4. The molecule has 1 N–H and O–H groups in total. The van der Waals surface area contributed by atoms with Gasteiger partial charge in [0, 0.05) is 7.05 Å². The maximum atomic E-state index is 12.3. The molecular weight excluding hydrogens is 192 g/mol. The molecule has 1 aromatic rings. The van der Waals surface area contributed by atoms with Crippen LogP contribution in [0.25, 0.3) is 0 Å². The van der Waals surface area contributed by atoms with Gasteiger partial charge in [-0.15, -0.1) is 0 Å². The molecule has 2 heterocycles. The van der Waals surface area contributed by atoms with Crippen LogP contribution in [0.4, 0.5) is 0 Å². The fourth-order valence-electron chi connectivity index (χ4n) is 2.18. The Morgan fingerprint density at radius 3 is 3.00 bits per heavy atom. The standard InChI is InChI=1S/C10H16N4O/c1-3-10(5-4-6-12-10)8(15)9-11-7-13-14(9)2/h7,12H,3-6H2,1-2H3. The van der Waals surface area contributed by atoms with Crippen LogP contribution in [0, 0.1) is 0 Å². The fraction of sp³-hybridized carbons (Fsp3) is 0.700. The van der Waals surface area contributed by atoms with Crippen molar-refractivity contribution in [3.63, 3.8) is 0 Å². The first-order valence-electron chi connectivity index (χ1n) is 5.33. The third kappa shape index (κ3) is 1.56. The van der Waals surface area contributed by atoms with Gasteiger partial charge in [-0.05, 0) is 25.8 Å². The molecule has 1 aliphatic heterocycles. The Kier molecular flexibility index (Phi) is 2.56. The van der Waals surface area contributed by atoms with Crippen LogP contribution >= 0.6 is 0 Å². The largest absolute Gasteiger partial charge is 0.305 e. The number of carbonyl (C=O) groups is 1. The van der Waals surface area contributed by atoms with E-state index < -0.39 is 5.54 Å². The zero-order chi connectivity index (χ0) is 10.9. The lowest BCUT2D eigenvalue weighted by molar-refractivity contribution is 0.0848. The van der Waals surface area contributed by atoms with Crippen molar-refractivity contribution in [2.75, 3.05) is 6.54 Å². The van der Waals surface area contributed by atoms with Gasteiger partial charge in [-0.3, -0.25) is 4.79 Å². The first-order valence-corrected chi connectivity index (χ1v) is 5.33. The summed E-state index contributed by atoms with van der Waals surface area (Å²) in [6.07, 6.45) is 4.18. The molecule has 1 aliphatic rings. The van der Waals surface area contributed by atoms with Crippen molar-refractivity contribution in [3.05, 3.63) is 12.2 Å². The van der Waals surface area contributed by atoms with Crippen LogP contribution in [0.15, 0.2) is 6.33 Å². The summed E-state index contributed by atoms with van der Waals surface area (Å²) in [5, 5.41) is 7.24. The maximum Gasteiger partial charge on any atom is 0.219 e. The Morgan fingerprint density at radius 1 is 1.73 bits per heavy atom. The summed E-state index contributed by atoms with van der Waals surface area (Å²) in [5.74, 6) is 0.522. The van der Waals surface area contributed by atoms with Crippen molar-refractivity contribution in [2.24, 2.45) is 7.05 Å². The maximum absolute atomic E-state index is 12.3. The zero-order valence-corrected chi connectivity index (χ0v) is 9.16. The lowest BCUT2D eigenvalue weighted by Crippen LogP contribution is -2.47. The monoisotopic (exact) mass is 208 g/mol. The quantitative estimate of drug-likeness (QED) is 0.736. The number of hydrogen-bond donors (Lipinski definition) is 1. The summed E-state index contributed by atoms with van der Waals surface area (Å²) < 4.78 is 1.54. The van der Waals surface area contributed by atoms with E-state index in [-0.39, 0.29) is 5.78 Å². The normalized spacial score (nSPS) is 25.7. The summed E-state index contributed by atoms with van der Waals surface area (Å²) in [5.41, 5.74) is -0.402. The highest BCUT2D eigenvalue weighted by Gasteiger charge is 2.41. The number of nitrogens with zero attached hydrogens (tertiary/aromatic N) is 3. The number of carbonyl (C=O) groups excluding carboxylic acids is 1. The molecule has 1 saturated heterocycles. The molecule has 0 radical (unpaired) electrons. The topological polar surface area (TPSA) is 59.8 Å². The van der Waals surface area contributed by atoms with Gasteiger partial charge >= 0.3 is 0 Å². The highest BCUT2D eigenvalue weighted by molar-refractivity contribution is 6.00. The Hall–Kier alpha value is -1.23. The van der Waals surface area contributed by atoms with E-state index in [1.165, 1.54) is 6.33 Å². The number of Topliss-reactive ketones (excluding diaryl/α,β-unsaturated/α-hetero) is 1. The molecular formula is C10H16N4O. The molecule has 1 aromatic heterocycles. The Bertz CT molecular complexity index is 365. The van der Waals surface area contributed by atoms with Crippen LogP contribution in [-0.4, -0.2) is 32.6 Å². The van der Waals surface area contributed by atoms with Gasteiger partial charge < -0.3 is 5.32 Å². The molecule has 1 atom stereocenters. The molecule has 0 saturated carbocycles. The molecule has 5 heteroatoms. The Labute approximate surface area is 88.9 Å². The van der Waals surface area contributed by atoms with E-state index in [4.69, 9.17) is 0 Å².